The molecule has 1 aliphatic heterocycles. The average molecular weight is 496 g/mol. The van der Waals surface area contributed by atoms with Gasteiger partial charge >= 0.3 is 5.97 Å². The molecule has 0 bridgehead atoms. The van der Waals surface area contributed by atoms with Crippen molar-refractivity contribution in [3.05, 3.63) is 51.9 Å². The summed E-state index contributed by atoms with van der Waals surface area (Å²) in [6.07, 6.45) is 2.42. The number of carboxylic acids is 1. The lowest BCUT2D eigenvalue weighted by molar-refractivity contribution is -0.140. The Morgan fingerprint density at radius 1 is 1.28 bits per heavy atom. The highest BCUT2D eigenvalue weighted by molar-refractivity contribution is 5.81. The molecule has 0 amide bonds. The predicted octanol–water partition coefficient (Wildman–Crippen LogP) is 2.63. The SMILES string of the molecule is Cc1cc(-c2nc3cc(CN[C@@H](CC(C)C)C(=O)O)ccc3n2CC2CN(C)CCO2)cn(C)c1=O. The molecule has 0 spiro atoms. The van der Waals surface area contributed by atoms with Gasteiger partial charge in [0.2, 0.25) is 0 Å². The second-order valence-corrected chi connectivity index (χ2v) is 10.4. The van der Waals surface area contributed by atoms with E-state index in [1.165, 1.54) is 0 Å². The molecule has 4 rings (SSSR count). The first kappa shape index (κ1) is 26.1. The van der Waals surface area contributed by atoms with Gasteiger partial charge in [-0.25, -0.2) is 4.98 Å². The van der Waals surface area contributed by atoms with E-state index in [1.54, 1.807) is 11.6 Å². The van der Waals surface area contributed by atoms with Crippen molar-refractivity contribution in [3.63, 3.8) is 0 Å². The summed E-state index contributed by atoms with van der Waals surface area (Å²) in [6, 6.07) is 7.37. The summed E-state index contributed by atoms with van der Waals surface area (Å²) < 4.78 is 9.83. The van der Waals surface area contributed by atoms with E-state index in [1.807, 2.05) is 51.2 Å². The maximum absolute atomic E-state index is 12.3. The molecule has 3 aromatic rings. The monoisotopic (exact) mass is 495 g/mol. The largest absolute Gasteiger partial charge is 0.480 e. The molecule has 0 radical (unpaired) electrons. The van der Waals surface area contributed by atoms with Crippen molar-refractivity contribution in [3.8, 4) is 11.4 Å². The number of benzene rings is 1. The van der Waals surface area contributed by atoms with Crippen molar-refractivity contribution in [1.29, 1.82) is 0 Å². The van der Waals surface area contributed by atoms with Crippen molar-refractivity contribution in [2.75, 3.05) is 26.7 Å². The Morgan fingerprint density at radius 2 is 2.06 bits per heavy atom. The minimum absolute atomic E-state index is 0.0265. The zero-order chi connectivity index (χ0) is 26.0. The Labute approximate surface area is 211 Å². The number of likely N-dealkylation sites (N-methyl/N-ethyl adjacent to an activating group) is 1. The van der Waals surface area contributed by atoms with E-state index < -0.39 is 12.0 Å². The van der Waals surface area contributed by atoms with Crippen molar-refractivity contribution in [1.82, 2.24) is 24.3 Å². The minimum atomic E-state index is -0.834. The standard InChI is InChI=1S/C27H37N5O4/c1-17(2)10-23(27(34)35)28-13-19-6-7-24-22(12-19)29-25(20-11-18(3)26(33)31(5)14-20)32(24)16-21-15-30(4)8-9-36-21/h6-7,11-12,14,17,21,23,28H,8-10,13,15-16H2,1-5H3,(H,34,35)/t21?,23-/m0/s1. The lowest BCUT2D eigenvalue weighted by Crippen LogP contribution is -2.42. The highest BCUT2D eigenvalue weighted by Gasteiger charge is 2.23. The zero-order valence-corrected chi connectivity index (χ0v) is 21.8. The lowest BCUT2D eigenvalue weighted by Gasteiger charge is -2.30. The van der Waals surface area contributed by atoms with Crippen LogP contribution in [0.2, 0.25) is 0 Å². The first-order valence-corrected chi connectivity index (χ1v) is 12.6. The number of imidazole rings is 1. The Kier molecular flexibility index (Phi) is 7.92. The maximum atomic E-state index is 12.3. The molecule has 36 heavy (non-hydrogen) atoms. The molecule has 1 unspecified atom stereocenters. The van der Waals surface area contributed by atoms with E-state index in [-0.39, 0.29) is 17.6 Å². The van der Waals surface area contributed by atoms with E-state index in [9.17, 15) is 14.7 Å². The number of nitrogens with zero attached hydrogens (tertiary/aromatic N) is 4. The van der Waals surface area contributed by atoms with Gasteiger partial charge in [0.15, 0.2) is 0 Å². The first-order valence-electron chi connectivity index (χ1n) is 12.6. The van der Waals surface area contributed by atoms with Gasteiger partial charge in [-0.2, -0.15) is 0 Å². The highest BCUT2D eigenvalue weighted by Crippen LogP contribution is 2.27. The molecule has 1 aliphatic rings. The number of morpholine rings is 1. The van der Waals surface area contributed by atoms with Crippen LogP contribution >= 0.6 is 0 Å². The quantitative estimate of drug-likeness (QED) is 0.471. The van der Waals surface area contributed by atoms with Gasteiger partial charge in [0.25, 0.3) is 5.56 Å². The maximum Gasteiger partial charge on any atom is 0.320 e. The summed E-state index contributed by atoms with van der Waals surface area (Å²) in [6.45, 7) is 9.39. The van der Waals surface area contributed by atoms with Gasteiger partial charge in [-0.3, -0.25) is 9.59 Å². The Bertz CT molecular complexity index is 1270. The molecule has 1 aromatic carbocycles. The summed E-state index contributed by atoms with van der Waals surface area (Å²) in [4.78, 5) is 31.2. The molecule has 2 aromatic heterocycles. The fraction of sp³-hybridized carbons (Fsp3) is 0.519. The summed E-state index contributed by atoms with van der Waals surface area (Å²) >= 11 is 0. The van der Waals surface area contributed by atoms with Crippen LogP contribution < -0.4 is 10.9 Å². The number of carboxylic acid groups (broad SMARTS) is 1. The van der Waals surface area contributed by atoms with Gasteiger partial charge in [-0.1, -0.05) is 19.9 Å². The molecule has 9 nitrogen and oxygen atoms in total. The van der Waals surface area contributed by atoms with Crippen LogP contribution in [-0.2, 0) is 29.7 Å². The number of aromatic nitrogens is 3. The third kappa shape index (κ3) is 5.86. The third-order valence-corrected chi connectivity index (χ3v) is 6.72. The number of hydrogen-bond acceptors (Lipinski definition) is 6. The van der Waals surface area contributed by atoms with E-state index in [0.717, 1.165) is 41.1 Å². The van der Waals surface area contributed by atoms with Crippen LogP contribution in [0.25, 0.3) is 22.4 Å². The van der Waals surface area contributed by atoms with Gasteiger partial charge in [0, 0.05) is 44.0 Å². The number of fused-ring (bicyclic) bond motifs is 1. The van der Waals surface area contributed by atoms with Crippen molar-refractivity contribution in [2.24, 2.45) is 13.0 Å². The normalized spacial score (nSPS) is 17.7. The van der Waals surface area contributed by atoms with Crippen LogP contribution in [0.4, 0.5) is 0 Å². The predicted molar refractivity (Wildman–Crippen MR) is 140 cm³/mol. The van der Waals surface area contributed by atoms with E-state index in [4.69, 9.17) is 9.72 Å². The van der Waals surface area contributed by atoms with Crippen LogP contribution in [-0.4, -0.2) is 69.0 Å². The van der Waals surface area contributed by atoms with Crippen LogP contribution in [0.3, 0.4) is 0 Å². The van der Waals surface area contributed by atoms with E-state index in [0.29, 0.717) is 31.7 Å². The number of hydrogen-bond donors (Lipinski definition) is 2. The summed E-state index contributed by atoms with van der Waals surface area (Å²) in [7, 11) is 3.85. The van der Waals surface area contributed by atoms with Gasteiger partial charge in [0.05, 0.1) is 30.3 Å². The molecule has 3 heterocycles. The third-order valence-electron chi connectivity index (χ3n) is 6.72. The smallest absolute Gasteiger partial charge is 0.320 e. The van der Waals surface area contributed by atoms with Gasteiger partial charge < -0.3 is 29.2 Å². The first-order chi connectivity index (χ1) is 17.1. The molecule has 9 heteroatoms. The van der Waals surface area contributed by atoms with Crippen molar-refractivity contribution in [2.45, 2.75) is 52.4 Å². The molecule has 1 saturated heterocycles. The van der Waals surface area contributed by atoms with Crippen LogP contribution in [0.15, 0.2) is 35.3 Å². The zero-order valence-electron chi connectivity index (χ0n) is 21.8. The molecule has 0 saturated carbocycles. The molecule has 2 atom stereocenters. The Hall–Kier alpha value is -3.01. The molecule has 2 N–H and O–H groups in total. The summed E-state index contributed by atoms with van der Waals surface area (Å²) in [5.74, 6) is 0.235. The van der Waals surface area contributed by atoms with Gasteiger partial charge in [-0.05, 0) is 50.1 Å². The fourth-order valence-electron chi connectivity index (χ4n) is 4.86. The number of nitrogens with one attached hydrogen (secondary N) is 1. The van der Waals surface area contributed by atoms with Crippen LogP contribution in [0.1, 0.15) is 31.4 Å². The fourth-order valence-corrected chi connectivity index (χ4v) is 4.86. The van der Waals surface area contributed by atoms with Crippen LogP contribution in [0.5, 0.6) is 0 Å². The number of carbonyl (C=O) groups is 1. The number of rotatable bonds is 9. The van der Waals surface area contributed by atoms with E-state index in [2.05, 4.69) is 21.8 Å². The van der Waals surface area contributed by atoms with Crippen molar-refractivity contribution < 1.29 is 14.6 Å². The van der Waals surface area contributed by atoms with Crippen molar-refractivity contribution >= 4 is 17.0 Å². The molecule has 194 valence electrons. The second-order valence-electron chi connectivity index (χ2n) is 10.4. The van der Waals surface area contributed by atoms with Gasteiger partial charge in [0.1, 0.15) is 11.9 Å². The van der Waals surface area contributed by atoms with Crippen LogP contribution in [0, 0.1) is 12.8 Å². The highest BCUT2D eigenvalue weighted by atomic mass is 16.5. The Balaban J connectivity index is 1.70. The minimum Gasteiger partial charge on any atom is -0.480 e. The summed E-state index contributed by atoms with van der Waals surface area (Å²) in [5, 5.41) is 12.7. The van der Waals surface area contributed by atoms with E-state index >= 15 is 0 Å². The van der Waals surface area contributed by atoms with Gasteiger partial charge in [-0.15, -0.1) is 0 Å². The number of ether oxygens (including phenoxy) is 1. The molecule has 1 fully saturated rings. The number of aliphatic carboxylic acids is 1. The topological polar surface area (TPSA) is 102 Å². The second kappa shape index (κ2) is 10.9. The lowest BCUT2D eigenvalue weighted by atomic mass is 10.0. The molecule has 0 aliphatic carbocycles. The summed E-state index contributed by atoms with van der Waals surface area (Å²) in [5.41, 5.74) is 4.29. The Morgan fingerprint density at radius 3 is 2.72 bits per heavy atom. The number of aryl methyl sites for hydroxylation is 2. The molecular weight excluding hydrogens is 458 g/mol. The average Bonchev–Trinajstić information content (AvgIpc) is 3.17. The molecular formula is C27H37N5O4. The number of pyridine rings is 1.